The number of hydrogen-bond acceptors (Lipinski definition) is 2. The molecule has 2 rings (SSSR count). The van der Waals surface area contributed by atoms with Crippen molar-refractivity contribution in [1.29, 1.82) is 0 Å². The van der Waals surface area contributed by atoms with Gasteiger partial charge in [-0.05, 0) is 43.6 Å². The lowest BCUT2D eigenvalue weighted by atomic mass is 9.64. The molecular weight excluding hydrogens is 150 g/mol. The molecule has 0 aromatic rings. The molecule has 70 valence electrons. The largest absolute Gasteiger partial charge is 0.381 e. The number of hydrogen-bond donors (Lipinski definition) is 1. The van der Waals surface area contributed by atoms with Crippen LogP contribution in [0.5, 0.6) is 0 Å². The fraction of sp³-hybridized carbons (Fsp3) is 1.00. The fourth-order valence-electron chi connectivity index (χ4n) is 2.53. The Morgan fingerprint density at radius 3 is 2.67 bits per heavy atom. The van der Waals surface area contributed by atoms with Crippen molar-refractivity contribution in [3.8, 4) is 0 Å². The van der Waals surface area contributed by atoms with E-state index in [1.54, 1.807) is 0 Å². The van der Waals surface area contributed by atoms with Crippen molar-refractivity contribution in [3.63, 3.8) is 0 Å². The molecule has 0 radical (unpaired) electrons. The standard InChI is InChI=1S/C10H19NO/c11-8-10(3-1-4-10)6-9-2-5-12-7-9/h9H,1-8,11H2. The minimum atomic E-state index is 0.526. The smallest absolute Gasteiger partial charge is 0.0495 e. The van der Waals surface area contributed by atoms with Crippen molar-refractivity contribution in [1.82, 2.24) is 0 Å². The molecule has 2 heteroatoms. The molecule has 0 aromatic carbocycles. The third-order valence-corrected chi connectivity index (χ3v) is 3.59. The maximum atomic E-state index is 5.81. The van der Waals surface area contributed by atoms with E-state index < -0.39 is 0 Å². The highest BCUT2D eigenvalue weighted by molar-refractivity contribution is 4.90. The molecule has 1 unspecified atom stereocenters. The summed E-state index contributed by atoms with van der Waals surface area (Å²) >= 11 is 0. The van der Waals surface area contributed by atoms with Crippen molar-refractivity contribution in [3.05, 3.63) is 0 Å². The third kappa shape index (κ3) is 1.50. The molecule has 1 aliphatic heterocycles. The molecule has 1 saturated heterocycles. The van der Waals surface area contributed by atoms with Gasteiger partial charge in [0.15, 0.2) is 0 Å². The van der Waals surface area contributed by atoms with Crippen LogP contribution in [0.15, 0.2) is 0 Å². The topological polar surface area (TPSA) is 35.2 Å². The first-order valence-corrected chi connectivity index (χ1v) is 5.12. The Morgan fingerprint density at radius 2 is 2.25 bits per heavy atom. The summed E-state index contributed by atoms with van der Waals surface area (Å²) in [5.74, 6) is 0.814. The van der Waals surface area contributed by atoms with E-state index in [0.717, 1.165) is 25.7 Å². The van der Waals surface area contributed by atoms with Crippen molar-refractivity contribution in [2.75, 3.05) is 19.8 Å². The van der Waals surface area contributed by atoms with Gasteiger partial charge in [-0.2, -0.15) is 0 Å². The van der Waals surface area contributed by atoms with Crippen molar-refractivity contribution in [2.24, 2.45) is 17.1 Å². The van der Waals surface area contributed by atoms with Gasteiger partial charge in [-0.25, -0.2) is 0 Å². The van der Waals surface area contributed by atoms with Crippen LogP contribution < -0.4 is 5.73 Å². The lowest BCUT2D eigenvalue weighted by Crippen LogP contribution is -2.39. The van der Waals surface area contributed by atoms with E-state index >= 15 is 0 Å². The first-order chi connectivity index (χ1) is 5.85. The molecule has 2 N–H and O–H groups in total. The van der Waals surface area contributed by atoms with Crippen LogP contribution in [0.25, 0.3) is 0 Å². The summed E-state index contributed by atoms with van der Waals surface area (Å²) in [6, 6.07) is 0. The summed E-state index contributed by atoms with van der Waals surface area (Å²) in [5.41, 5.74) is 6.33. The summed E-state index contributed by atoms with van der Waals surface area (Å²) < 4.78 is 5.38. The summed E-state index contributed by atoms with van der Waals surface area (Å²) in [7, 11) is 0. The monoisotopic (exact) mass is 169 g/mol. The maximum absolute atomic E-state index is 5.81. The minimum Gasteiger partial charge on any atom is -0.381 e. The zero-order chi connectivity index (χ0) is 8.44. The van der Waals surface area contributed by atoms with E-state index in [-0.39, 0.29) is 0 Å². The van der Waals surface area contributed by atoms with E-state index in [0.29, 0.717) is 5.41 Å². The van der Waals surface area contributed by atoms with Crippen LogP contribution in [-0.4, -0.2) is 19.8 Å². The number of ether oxygens (including phenoxy) is 1. The molecule has 1 atom stereocenters. The first-order valence-electron chi connectivity index (χ1n) is 5.12. The van der Waals surface area contributed by atoms with Gasteiger partial charge in [0.05, 0.1) is 0 Å². The predicted molar refractivity (Wildman–Crippen MR) is 48.9 cm³/mol. The Morgan fingerprint density at radius 1 is 1.42 bits per heavy atom. The minimum absolute atomic E-state index is 0.526. The highest BCUT2D eigenvalue weighted by Crippen LogP contribution is 2.46. The van der Waals surface area contributed by atoms with Crippen molar-refractivity contribution >= 4 is 0 Å². The zero-order valence-electron chi connectivity index (χ0n) is 7.72. The average molecular weight is 169 g/mol. The second-order valence-electron chi connectivity index (χ2n) is 4.49. The molecule has 1 saturated carbocycles. The van der Waals surface area contributed by atoms with E-state index in [4.69, 9.17) is 10.5 Å². The van der Waals surface area contributed by atoms with Crippen LogP contribution in [0, 0.1) is 11.3 Å². The molecular formula is C10H19NO. The molecule has 2 nitrogen and oxygen atoms in total. The molecule has 2 fully saturated rings. The number of rotatable bonds is 3. The summed E-state index contributed by atoms with van der Waals surface area (Å²) in [5, 5.41) is 0. The lowest BCUT2D eigenvalue weighted by Gasteiger charge is -2.42. The molecule has 1 aliphatic carbocycles. The third-order valence-electron chi connectivity index (χ3n) is 3.59. The highest BCUT2D eigenvalue weighted by Gasteiger charge is 2.38. The Labute approximate surface area is 74.5 Å². The highest BCUT2D eigenvalue weighted by atomic mass is 16.5. The quantitative estimate of drug-likeness (QED) is 0.695. The van der Waals surface area contributed by atoms with Crippen LogP contribution >= 0.6 is 0 Å². The maximum Gasteiger partial charge on any atom is 0.0495 e. The van der Waals surface area contributed by atoms with Crippen molar-refractivity contribution in [2.45, 2.75) is 32.1 Å². The average Bonchev–Trinajstić information content (AvgIpc) is 2.49. The first kappa shape index (κ1) is 8.52. The normalized spacial score (nSPS) is 33.2. The van der Waals surface area contributed by atoms with E-state index in [9.17, 15) is 0 Å². The predicted octanol–water partition coefficient (Wildman–Crippen LogP) is 1.54. The van der Waals surface area contributed by atoms with Crippen LogP contribution in [0.1, 0.15) is 32.1 Å². The van der Waals surface area contributed by atoms with Crippen LogP contribution in [0.3, 0.4) is 0 Å². The second kappa shape index (κ2) is 3.35. The molecule has 2 aliphatic rings. The van der Waals surface area contributed by atoms with Gasteiger partial charge in [-0.1, -0.05) is 6.42 Å². The second-order valence-corrected chi connectivity index (χ2v) is 4.49. The van der Waals surface area contributed by atoms with Crippen LogP contribution in [0.4, 0.5) is 0 Å². The SMILES string of the molecule is NCC1(CC2CCOC2)CCC1. The molecule has 0 spiro atoms. The Balaban J connectivity index is 1.83. The fourth-order valence-corrected chi connectivity index (χ4v) is 2.53. The Kier molecular flexibility index (Phi) is 2.37. The van der Waals surface area contributed by atoms with Gasteiger partial charge < -0.3 is 10.5 Å². The van der Waals surface area contributed by atoms with Gasteiger partial charge in [0.1, 0.15) is 0 Å². The zero-order valence-corrected chi connectivity index (χ0v) is 7.72. The molecule has 0 amide bonds. The van der Waals surface area contributed by atoms with E-state index in [1.807, 2.05) is 0 Å². The van der Waals surface area contributed by atoms with Gasteiger partial charge >= 0.3 is 0 Å². The molecule has 12 heavy (non-hydrogen) atoms. The van der Waals surface area contributed by atoms with Gasteiger partial charge in [-0.3, -0.25) is 0 Å². The van der Waals surface area contributed by atoms with Crippen LogP contribution in [0.2, 0.25) is 0 Å². The Bertz CT molecular complexity index is 142. The van der Waals surface area contributed by atoms with Gasteiger partial charge in [0, 0.05) is 13.2 Å². The molecule has 0 bridgehead atoms. The van der Waals surface area contributed by atoms with E-state index in [1.165, 1.54) is 32.1 Å². The lowest BCUT2D eigenvalue weighted by molar-refractivity contribution is 0.0944. The van der Waals surface area contributed by atoms with Gasteiger partial charge in [0.2, 0.25) is 0 Å². The number of nitrogens with two attached hydrogens (primary N) is 1. The van der Waals surface area contributed by atoms with Gasteiger partial charge in [-0.15, -0.1) is 0 Å². The summed E-state index contributed by atoms with van der Waals surface area (Å²) in [6.07, 6.45) is 6.70. The Hall–Kier alpha value is -0.0800. The summed E-state index contributed by atoms with van der Waals surface area (Å²) in [4.78, 5) is 0. The van der Waals surface area contributed by atoms with E-state index in [2.05, 4.69) is 0 Å². The molecule has 1 heterocycles. The molecule has 0 aromatic heterocycles. The van der Waals surface area contributed by atoms with Crippen molar-refractivity contribution < 1.29 is 4.74 Å². The summed E-state index contributed by atoms with van der Waals surface area (Å²) in [6.45, 7) is 2.86. The van der Waals surface area contributed by atoms with Gasteiger partial charge in [0.25, 0.3) is 0 Å². The van der Waals surface area contributed by atoms with Crippen LogP contribution in [-0.2, 0) is 4.74 Å².